The highest BCUT2D eigenvalue weighted by Crippen LogP contribution is 2.40. The van der Waals surface area contributed by atoms with Crippen LogP contribution in [0.15, 0.2) is 28.9 Å². The Labute approximate surface area is 116 Å². The van der Waals surface area contributed by atoms with Gasteiger partial charge >= 0.3 is 0 Å². The van der Waals surface area contributed by atoms with Crippen LogP contribution in [0, 0.1) is 0 Å². The number of fused-ring (bicyclic) bond motifs is 1. The number of anilines is 2. The van der Waals surface area contributed by atoms with E-state index in [1.807, 2.05) is 18.2 Å². The van der Waals surface area contributed by atoms with Crippen molar-refractivity contribution in [1.29, 1.82) is 0 Å². The average Bonchev–Trinajstić information content (AvgIpc) is 2.83. The van der Waals surface area contributed by atoms with Crippen molar-refractivity contribution < 1.29 is 9.47 Å². The third kappa shape index (κ3) is 2.09. The van der Waals surface area contributed by atoms with E-state index in [0.29, 0.717) is 21.8 Å². The number of ether oxygens (including phenoxy) is 2. The second-order valence-electron chi connectivity index (χ2n) is 3.50. The van der Waals surface area contributed by atoms with Crippen LogP contribution in [0.1, 0.15) is 0 Å². The Kier molecular flexibility index (Phi) is 2.97. The van der Waals surface area contributed by atoms with Crippen molar-refractivity contribution in [2.45, 2.75) is 0 Å². The maximum atomic E-state index is 5.76. The molecule has 1 aliphatic heterocycles. The number of hydrogen-bond acceptors (Lipinski definition) is 5. The quantitative estimate of drug-likeness (QED) is 0.857. The zero-order valence-corrected chi connectivity index (χ0v) is 11.3. The van der Waals surface area contributed by atoms with Crippen LogP contribution in [0.5, 0.6) is 11.5 Å². The van der Waals surface area contributed by atoms with E-state index < -0.39 is 0 Å². The Morgan fingerprint density at radius 1 is 1.33 bits per heavy atom. The monoisotopic (exact) mass is 327 g/mol. The summed E-state index contributed by atoms with van der Waals surface area (Å²) >= 11 is 9.11. The minimum Gasteiger partial charge on any atom is -0.454 e. The van der Waals surface area contributed by atoms with E-state index in [4.69, 9.17) is 21.1 Å². The van der Waals surface area contributed by atoms with Gasteiger partial charge in [-0.15, -0.1) is 0 Å². The van der Waals surface area contributed by atoms with Gasteiger partial charge in [-0.3, -0.25) is 0 Å². The average molecular weight is 329 g/mol. The van der Waals surface area contributed by atoms with Gasteiger partial charge in [0, 0.05) is 6.20 Å². The molecular weight excluding hydrogens is 321 g/mol. The summed E-state index contributed by atoms with van der Waals surface area (Å²) in [6.45, 7) is 0.222. The molecule has 0 aliphatic carbocycles. The molecule has 92 valence electrons. The second kappa shape index (κ2) is 4.62. The first-order valence-electron chi connectivity index (χ1n) is 5.08. The summed E-state index contributed by atoms with van der Waals surface area (Å²) in [4.78, 5) is 7.96. The zero-order chi connectivity index (χ0) is 12.5. The molecular formula is C11H7BrClN3O2. The predicted octanol–water partition coefficient (Wildman–Crippen LogP) is 3.36. The lowest BCUT2D eigenvalue weighted by Gasteiger charge is -2.09. The number of rotatable bonds is 2. The lowest BCUT2D eigenvalue weighted by molar-refractivity contribution is 0.174. The maximum absolute atomic E-state index is 5.76. The molecule has 1 N–H and O–H groups in total. The van der Waals surface area contributed by atoms with Gasteiger partial charge in [0.05, 0.1) is 10.2 Å². The fourth-order valence-electron chi connectivity index (χ4n) is 1.59. The Bertz CT molecular complexity index is 609. The summed E-state index contributed by atoms with van der Waals surface area (Å²) in [6, 6.07) is 5.58. The minimum atomic E-state index is 0.172. The molecule has 0 saturated heterocycles. The molecule has 0 bridgehead atoms. The summed E-state index contributed by atoms with van der Waals surface area (Å²) in [5, 5.41) is 3.30. The van der Waals surface area contributed by atoms with Crippen molar-refractivity contribution in [2.24, 2.45) is 0 Å². The molecule has 1 aliphatic rings. The molecule has 2 heterocycles. The fourth-order valence-corrected chi connectivity index (χ4v) is 2.01. The van der Waals surface area contributed by atoms with Crippen LogP contribution in [0.2, 0.25) is 5.28 Å². The van der Waals surface area contributed by atoms with Crippen LogP contribution in [0.4, 0.5) is 11.5 Å². The molecule has 0 saturated carbocycles. The molecule has 0 atom stereocenters. The van der Waals surface area contributed by atoms with E-state index in [1.54, 1.807) is 6.20 Å². The molecule has 0 spiro atoms. The van der Waals surface area contributed by atoms with Gasteiger partial charge in [-0.25, -0.2) is 4.98 Å². The smallest absolute Gasteiger partial charge is 0.231 e. The number of halogens is 2. The second-order valence-corrected chi connectivity index (χ2v) is 4.69. The van der Waals surface area contributed by atoms with Crippen LogP contribution in [-0.4, -0.2) is 16.8 Å². The minimum absolute atomic E-state index is 0.172. The summed E-state index contributed by atoms with van der Waals surface area (Å²) in [5.41, 5.74) is 0.764. The van der Waals surface area contributed by atoms with Gasteiger partial charge in [-0.1, -0.05) is 6.07 Å². The molecule has 7 heteroatoms. The van der Waals surface area contributed by atoms with Crippen LogP contribution in [0.3, 0.4) is 0 Å². The largest absolute Gasteiger partial charge is 0.454 e. The van der Waals surface area contributed by atoms with Gasteiger partial charge in [-0.2, -0.15) is 4.98 Å². The summed E-state index contributed by atoms with van der Waals surface area (Å²) in [7, 11) is 0. The van der Waals surface area contributed by atoms with Gasteiger partial charge in [0.2, 0.25) is 12.1 Å². The van der Waals surface area contributed by atoms with Crippen LogP contribution >= 0.6 is 27.5 Å². The lowest BCUT2D eigenvalue weighted by Crippen LogP contribution is -1.98. The Balaban J connectivity index is 1.98. The number of aromatic nitrogens is 2. The van der Waals surface area contributed by atoms with Gasteiger partial charge < -0.3 is 14.8 Å². The van der Waals surface area contributed by atoms with E-state index in [-0.39, 0.29) is 12.1 Å². The molecule has 3 rings (SSSR count). The van der Waals surface area contributed by atoms with Crippen LogP contribution in [0.25, 0.3) is 0 Å². The van der Waals surface area contributed by atoms with Crippen molar-refractivity contribution in [3.05, 3.63) is 34.2 Å². The Morgan fingerprint density at radius 3 is 3.11 bits per heavy atom. The Morgan fingerprint density at radius 2 is 2.22 bits per heavy atom. The Hall–Kier alpha value is -1.53. The number of hydrogen-bond donors (Lipinski definition) is 1. The summed E-state index contributed by atoms with van der Waals surface area (Å²) in [5.74, 6) is 1.94. The molecule has 1 aromatic heterocycles. The normalized spacial score (nSPS) is 12.6. The maximum Gasteiger partial charge on any atom is 0.231 e. The topological polar surface area (TPSA) is 56.3 Å². The van der Waals surface area contributed by atoms with Crippen molar-refractivity contribution in [3.63, 3.8) is 0 Å². The first-order chi connectivity index (χ1) is 8.74. The van der Waals surface area contributed by atoms with E-state index in [9.17, 15) is 0 Å². The van der Waals surface area contributed by atoms with E-state index in [1.165, 1.54) is 0 Å². The lowest BCUT2D eigenvalue weighted by atomic mass is 10.2. The third-order valence-electron chi connectivity index (χ3n) is 2.36. The molecule has 0 fully saturated rings. The van der Waals surface area contributed by atoms with Crippen molar-refractivity contribution >= 4 is 39.0 Å². The summed E-state index contributed by atoms with van der Waals surface area (Å²) < 4.78 is 11.4. The number of para-hydroxylation sites is 1. The number of nitrogens with zero attached hydrogens (tertiary/aromatic N) is 2. The standard InChI is InChI=1S/C11H7BrClN3O2/c12-6-4-14-11(13)16-10(6)15-7-2-1-3-8-9(7)18-5-17-8/h1-4H,5H2,(H,14,15,16). The van der Waals surface area contributed by atoms with Crippen molar-refractivity contribution in [1.82, 2.24) is 9.97 Å². The molecule has 18 heavy (non-hydrogen) atoms. The highest BCUT2D eigenvalue weighted by Gasteiger charge is 2.18. The highest BCUT2D eigenvalue weighted by molar-refractivity contribution is 9.10. The molecule has 0 unspecified atom stereocenters. The predicted molar refractivity (Wildman–Crippen MR) is 70.6 cm³/mol. The fraction of sp³-hybridized carbons (Fsp3) is 0.0909. The first kappa shape index (κ1) is 11.6. The highest BCUT2D eigenvalue weighted by atomic mass is 79.9. The molecule has 5 nitrogen and oxygen atoms in total. The molecule has 2 aromatic rings. The summed E-state index contributed by atoms with van der Waals surface area (Å²) in [6.07, 6.45) is 1.58. The van der Waals surface area contributed by atoms with E-state index in [2.05, 4.69) is 31.2 Å². The van der Waals surface area contributed by atoms with Crippen LogP contribution in [-0.2, 0) is 0 Å². The number of benzene rings is 1. The van der Waals surface area contributed by atoms with Crippen molar-refractivity contribution in [3.8, 4) is 11.5 Å². The van der Waals surface area contributed by atoms with Gasteiger partial charge in [-0.05, 0) is 39.7 Å². The SMILES string of the molecule is Clc1ncc(Br)c(Nc2cccc3c2OCO3)n1. The molecule has 1 aromatic carbocycles. The molecule has 0 radical (unpaired) electrons. The third-order valence-corrected chi connectivity index (χ3v) is 3.13. The van der Waals surface area contributed by atoms with E-state index >= 15 is 0 Å². The van der Waals surface area contributed by atoms with E-state index in [0.717, 1.165) is 5.69 Å². The number of nitrogens with one attached hydrogen (secondary N) is 1. The zero-order valence-electron chi connectivity index (χ0n) is 8.98. The van der Waals surface area contributed by atoms with Crippen LogP contribution < -0.4 is 14.8 Å². The molecule has 0 amide bonds. The van der Waals surface area contributed by atoms with Gasteiger partial charge in [0.15, 0.2) is 11.5 Å². The van der Waals surface area contributed by atoms with Gasteiger partial charge in [0.1, 0.15) is 5.82 Å². The first-order valence-corrected chi connectivity index (χ1v) is 6.25. The van der Waals surface area contributed by atoms with Crippen molar-refractivity contribution in [2.75, 3.05) is 12.1 Å². The van der Waals surface area contributed by atoms with Gasteiger partial charge in [0.25, 0.3) is 0 Å².